The summed E-state index contributed by atoms with van der Waals surface area (Å²) in [6, 6.07) is 0. The summed E-state index contributed by atoms with van der Waals surface area (Å²) in [7, 11) is 0. The Morgan fingerprint density at radius 2 is 1.58 bits per heavy atom. The van der Waals surface area contributed by atoms with E-state index in [1.807, 2.05) is 0 Å². The van der Waals surface area contributed by atoms with Gasteiger partial charge in [0.2, 0.25) is 0 Å². The van der Waals surface area contributed by atoms with Crippen LogP contribution in [0.3, 0.4) is 0 Å². The molecule has 0 aliphatic heterocycles. The van der Waals surface area contributed by atoms with Gasteiger partial charge in [0.15, 0.2) is 0 Å². The van der Waals surface area contributed by atoms with Crippen LogP contribution in [0.2, 0.25) is 0 Å². The molecule has 0 heterocycles. The van der Waals surface area contributed by atoms with Crippen molar-refractivity contribution in [1.29, 1.82) is 0 Å². The van der Waals surface area contributed by atoms with Gasteiger partial charge >= 0.3 is 0 Å². The zero-order valence-electron chi connectivity index (χ0n) is 8.78. The maximum Gasteiger partial charge on any atom is 0.0922 e. The molecule has 0 saturated carbocycles. The van der Waals surface area contributed by atoms with Gasteiger partial charge in [-0.15, -0.1) is 0 Å². The van der Waals surface area contributed by atoms with Crippen molar-refractivity contribution < 1.29 is 4.39 Å². The van der Waals surface area contributed by atoms with Crippen LogP contribution in [0.15, 0.2) is 0 Å². The third-order valence-electron chi connectivity index (χ3n) is 2.74. The second-order valence-electron chi connectivity index (χ2n) is 3.73. The Bertz CT molecular complexity index is 87.0. The zero-order chi connectivity index (χ0) is 9.40. The lowest BCUT2D eigenvalue weighted by atomic mass is 9.89. The quantitative estimate of drug-likeness (QED) is 0.542. The van der Waals surface area contributed by atoms with Crippen LogP contribution in [0, 0.1) is 11.8 Å². The molecule has 0 bridgehead atoms. The van der Waals surface area contributed by atoms with Gasteiger partial charge in [-0.05, 0) is 24.7 Å². The molecule has 0 aromatic carbocycles. The predicted molar refractivity (Wildman–Crippen MR) is 53.1 cm³/mol. The van der Waals surface area contributed by atoms with Gasteiger partial charge in [-0.3, -0.25) is 4.39 Å². The first-order valence-corrected chi connectivity index (χ1v) is 5.34. The van der Waals surface area contributed by atoms with E-state index in [0.29, 0.717) is 5.92 Å². The summed E-state index contributed by atoms with van der Waals surface area (Å²) in [6.07, 6.45) is 5.69. The van der Waals surface area contributed by atoms with Gasteiger partial charge in [-0.25, -0.2) is 0 Å². The van der Waals surface area contributed by atoms with E-state index in [0.717, 1.165) is 25.2 Å². The number of rotatable bonds is 7. The van der Waals surface area contributed by atoms with Crippen LogP contribution in [-0.2, 0) is 0 Å². The van der Waals surface area contributed by atoms with E-state index in [2.05, 4.69) is 20.8 Å². The van der Waals surface area contributed by atoms with E-state index in [9.17, 15) is 4.39 Å². The molecule has 0 aliphatic carbocycles. The second kappa shape index (κ2) is 7.57. The molecule has 0 aromatic heterocycles. The molecule has 0 aliphatic rings. The Balaban J connectivity index is 3.65. The second-order valence-corrected chi connectivity index (χ2v) is 3.73. The van der Waals surface area contributed by atoms with Crippen molar-refractivity contribution in [2.24, 2.45) is 11.8 Å². The smallest absolute Gasteiger partial charge is 0.0922 e. The van der Waals surface area contributed by atoms with E-state index >= 15 is 0 Å². The summed E-state index contributed by atoms with van der Waals surface area (Å²) in [6.45, 7) is 6.42. The molecular weight excluding hydrogens is 151 g/mol. The Morgan fingerprint density at radius 1 is 1.00 bits per heavy atom. The fourth-order valence-electron chi connectivity index (χ4n) is 1.76. The van der Waals surface area contributed by atoms with Crippen LogP contribution in [-0.4, -0.2) is 6.67 Å². The predicted octanol–water partition coefficient (Wildman–Crippen LogP) is 4.20. The van der Waals surface area contributed by atoms with Gasteiger partial charge in [-0.2, -0.15) is 0 Å². The van der Waals surface area contributed by atoms with Crippen LogP contribution in [0.25, 0.3) is 0 Å². The molecule has 0 fully saturated rings. The van der Waals surface area contributed by atoms with E-state index in [4.69, 9.17) is 0 Å². The fourth-order valence-corrected chi connectivity index (χ4v) is 1.76. The van der Waals surface area contributed by atoms with Gasteiger partial charge in [-0.1, -0.05) is 40.0 Å². The molecule has 0 saturated heterocycles. The Labute approximate surface area is 76.6 Å². The van der Waals surface area contributed by atoms with Crippen molar-refractivity contribution in [2.75, 3.05) is 6.67 Å². The van der Waals surface area contributed by atoms with Crippen molar-refractivity contribution in [1.82, 2.24) is 0 Å². The van der Waals surface area contributed by atoms with Crippen LogP contribution >= 0.6 is 0 Å². The van der Waals surface area contributed by atoms with Crippen molar-refractivity contribution in [3.05, 3.63) is 0 Å². The minimum absolute atomic E-state index is 0.121. The van der Waals surface area contributed by atoms with Gasteiger partial charge in [0.1, 0.15) is 0 Å². The van der Waals surface area contributed by atoms with Gasteiger partial charge in [0.05, 0.1) is 6.67 Å². The summed E-state index contributed by atoms with van der Waals surface area (Å²) in [5, 5.41) is 0. The van der Waals surface area contributed by atoms with E-state index in [1.165, 1.54) is 12.8 Å². The molecular formula is C11H23F. The lowest BCUT2D eigenvalue weighted by Crippen LogP contribution is -2.09. The molecule has 74 valence electrons. The molecule has 1 heteroatoms. The molecule has 0 nitrogen and oxygen atoms in total. The van der Waals surface area contributed by atoms with Crippen molar-refractivity contribution >= 4 is 0 Å². The lowest BCUT2D eigenvalue weighted by molar-refractivity contribution is 0.272. The molecule has 0 spiro atoms. The summed E-state index contributed by atoms with van der Waals surface area (Å²) >= 11 is 0. The molecule has 1 atom stereocenters. The summed E-state index contributed by atoms with van der Waals surface area (Å²) in [4.78, 5) is 0. The molecule has 0 radical (unpaired) electrons. The SMILES string of the molecule is CCCC(CF)CC(CC)CC. The minimum Gasteiger partial charge on any atom is -0.251 e. The first-order chi connectivity index (χ1) is 5.78. The molecule has 0 N–H and O–H groups in total. The minimum atomic E-state index is -0.121. The number of halogens is 1. The highest BCUT2D eigenvalue weighted by Gasteiger charge is 2.12. The molecule has 0 amide bonds. The third-order valence-corrected chi connectivity index (χ3v) is 2.74. The number of hydrogen-bond donors (Lipinski definition) is 0. The summed E-state index contributed by atoms with van der Waals surface area (Å²) < 4.78 is 12.5. The first kappa shape index (κ1) is 11.9. The Morgan fingerprint density at radius 3 is 1.92 bits per heavy atom. The van der Waals surface area contributed by atoms with Crippen LogP contribution < -0.4 is 0 Å². The molecule has 1 unspecified atom stereocenters. The largest absolute Gasteiger partial charge is 0.251 e. The van der Waals surface area contributed by atoms with E-state index in [-0.39, 0.29) is 6.67 Å². The number of alkyl halides is 1. The van der Waals surface area contributed by atoms with E-state index in [1.54, 1.807) is 0 Å². The third kappa shape index (κ3) is 4.74. The highest BCUT2D eigenvalue weighted by Crippen LogP contribution is 2.22. The van der Waals surface area contributed by atoms with Crippen molar-refractivity contribution in [3.8, 4) is 0 Å². The fraction of sp³-hybridized carbons (Fsp3) is 1.00. The summed E-state index contributed by atoms with van der Waals surface area (Å²) in [5.41, 5.74) is 0. The molecule has 0 aromatic rings. The van der Waals surface area contributed by atoms with Gasteiger partial charge in [0, 0.05) is 0 Å². The Hall–Kier alpha value is -0.0700. The van der Waals surface area contributed by atoms with Crippen molar-refractivity contribution in [2.45, 2.75) is 52.9 Å². The highest BCUT2D eigenvalue weighted by atomic mass is 19.1. The van der Waals surface area contributed by atoms with E-state index < -0.39 is 0 Å². The lowest BCUT2D eigenvalue weighted by Gasteiger charge is -2.18. The van der Waals surface area contributed by atoms with Crippen LogP contribution in [0.5, 0.6) is 0 Å². The average Bonchev–Trinajstić information content (AvgIpc) is 2.12. The maximum atomic E-state index is 12.5. The Kier molecular flexibility index (Phi) is 7.53. The first-order valence-electron chi connectivity index (χ1n) is 5.34. The molecule has 0 rings (SSSR count). The standard InChI is InChI=1S/C11H23F/c1-4-7-11(9-12)8-10(5-2)6-3/h10-11H,4-9H2,1-3H3. The zero-order valence-corrected chi connectivity index (χ0v) is 8.78. The van der Waals surface area contributed by atoms with Gasteiger partial charge in [0.25, 0.3) is 0 Å². The topological polar surface area (TPSA) is 0 Å². The van der Waals surface area contributed by atoms with Crippen LogP contribution in [0.1, 0.15) is 52.9 Å². The maximum absolute atomic E-state index is 12.5. The molecule has 12 heavy (non-hydrogen) atoms. The highest BCUT2D eigenvalue weighted by molar-refractivity contribution is 4.63. The van der Waals surface area contributed by atoms with Crippen LogP contribution in [0.4, 0.5) is 4.39 Å². The normalized spacial score (nSPS) is 13.8. The van der Waals surface area contributed by atoms with Crippen molar-refractivity contribution in [3.63, 3.8) is 0 Å². The van der Waals surface area contributed by atoms with Gasteiger partial charge < -0.3 is 0 Å². The summed E-state index contributed by atoms with van der Waals surface area (Å²) in [5.74, 6) is 1.08. The number of hydrogen-bond acceptors (Lipinski definition) is 0. The average molecular weight is 174 g/mol. The monoisotopic (exact) mass is 174 g/mol.